The fraction of sp³-hybridized carbons (Fsp3) is 0. The Bertz CT molecular complexity index is 751. The number of benzene rings is 1. The van der Waals surface area contributed by atoms with E-state index in [4.69, 9.17) is 12.2 Å². The normalized spacial score (nSPS) is 10.6. The summed E-state index contributed by atoms with van der Waals surface area (Å²) in [5.41, 5.74) is 4.56. The van der Waals surface area contributed by atoms with E-state index in [0.717, 1.165) is 21.4 Å². The lowest BCUT2D eigenvalue weighted by molar-refractivity contribution is 1.13. The van der Waals surface area contributed by atoms with Crippen molar-refractivity contribution in [1.82, 2.24) is 15.0 Å². The molecule has 2 heterocycles. The molecule has 0 fully saturated rings. The first-order valence-corrected chi connectivity index (χ1v) is 7.64. The molecule has 3 aromatic rings. The summed E-state index contributed by atoms with van der Waals surface area (Å²) < 4.78 is 1.33. The summed E-state index contributed by atoms with van der Waals surface area (Å²) in [4.78, 5) is 11.9. The monoisotopic (exact) mass is 349 g/mol. The van der Waals surface area contributed by atoms with Crippen molar-refractivity contribution in [3.63, 3.8) is 0 Å². The molecule has 0 saturated heterocycles. The van der Waals surface area contributed by atoms with E-state index in [-0.39, 0.29) is 0 Å². The molecule has 0 unspecified atom stereocenters. The first kappa shape index (κ1) is 12.7. The molecule has 3 rings (SSSR count). The Kier molecular flexibility index (Phi) is 3.54. The van der Waals surface area contributed by atoms with Crippen LogP contribution in [0.1, 0.15) is 0 Å². The van der Waals surface area contributed by atoms with Gasteiger partial charge >= 0.3 is 0 Å². The number of hydrogen-bond donors (Lipinski definition) is 1. The second kappa shape index (κ2) is 5.32. The molecular formula is C13H8BrN3S2. The van der Waals surface area contributed by atoms with Crippen LogP contribution in [0.25, 0.3) is 22.8 Å². The molecule has 0 saturated carbocycles. The molecule has 94 valence electrons. The van der Waals surface area contributed by atoms with Gasteiger partial charge in [0.1, 0.15) is 10.3 Å². The predicted octanol–water partition coefficient (Wildman–Crippen LogP) is 4.69. The van der Waals surface area contributed by atoms with Crippen LogP contribution < -0.4 is 0 Å². The highest BCUT2D eigenvalue weighted by Gasteiger charge is 2.10. The van der Waals surface area contributed by atoms with Crippen molar-refractivity contribution < 1.29 is 0 Å². The molecule has 1 aromatic carbocycles. The molecule has 1 N–H and O–H groups in total. The minimum Gasteiger partial charge on any atom is -0.337 e. The largest absolute Gasteiger partial charge is 0.337 e. The molecule has 0 atom stereocenters. The number of aromatic amines is 1. The van der Waals surface area contributed by atoms with Crippen molar-refractivity contribution in [2.45, 2.75) is 0 Å². The Balaban J connectivity index is 2.23. The number of H-pyrrole nitrogens is 1. The van der Waals surface area contributed by atoms with Crippen LogP contribution >= 0.6 is 39.5 Å². The van der Waals surface area contributed by atoms with Crippen molar-refractivity contribution >= 4 is 39.5 Å². The Morgan fingerprint density at radius 2 is 2.00 bits per heavy atom. The number of hydrogen-bond acceptors (Lipinski definition) is 4. The fourth-order valence-electron chi connectivity index (χ4n) is 1.71. The van der Waals surface area contributed by atoms with E-state index >= 15 is 0 Å². The maximum Gasteiger partial charge on any atom is 0.159 e. The molecule has 0 spiro atoms. The second-order valence-corrected chi connectivity index (χ2v) is 5.72. The summed E-state index contributed by atoms with van der Waals surface area (Å²) >= 11 is 10.3. The smallest absolute Gasteiger partial charge is 0.159 e. The summed E-state index contributed by atoms with van der Waals surface area (Å²) in [5, 5.41) is 1.94. The third kappa shape index (κ3) is 2.51. The van der Waals surface area contributed by atoms with Gasteiger partial charge in [-0.1, -0.05) is 42.5 Å². The molecule has 0 aliphatic heterocycles. The topological polar surface area (TPSA) is 41.6 Å². The number of nitrogens with zero attached hydrogens (tertiary/aromatic N) is 2. The SMILES string of the molecule is S=c1nc(-c2cscn2)[nH]c(-c2ccccc2)c1Br. The zero-order chi connectivity index (χ0) is 13.2. The van der Waals surface area contributed by atoms with E-state index in [0.29, 0.717) is 10.5 Å². The quantitative estimate of drug-likeness (QED) is 0.682. The van der Waals surface area contributed by atoms with Gasteiger partial charge in [-0.3, -0.25) is 0 Å². The minimum absolute atomic E-state index is 0.528. The zero-order valence-corrected chi connectivity index (χ0v) is 12.8. The van der Waals surface area contributed by atoms with Crippen LogP contribution in [0.2, 0.25) is 0 Å². The predicted molar refractivity (Wildman–Crippen MR) is 83.7 cm³/mol. The van der Waals surface area contributed by atoms with Gasteiger partial charge in [0.25, 0.3) is 0 Å². The van der Waals surface area contributed by atoms with E-state index in [1.54, 1.807) is 5.51 Å². The summed E-state index contributed by atoms with van der Waals surface area (Å²) in [6, 6.07) is 10.0. The molecule has 6 heteroatoms. The van der Waals surface area contributed by atoms with E-state index in [1.165, 1.54) is 11.3 Å². The van der Waals surface area contributed by atoms with E-state index < -0.39 is 0 Å². The van der Waals surface area contributed by atoms with Gasteiger partial charge in [0.05, 0.1) is 15.7 Å². The number of nitrogens with one attached hydrogen (secondary N) is 1. The van der Waals surface area contributed by atoms with Gasteiger partial charge in [-0.05, 0) is 21.5 Å². The maximum absolute atomic E-state index is 5.30. The van der Waals surface area contributed by atoms with Crippen LogP contribution in [-0.4, -0.2) is 15.0 Å². The van der Waals surface area contributed by atoms with Crippen molar-refractivity contribution in [3.8, 4) is 22.8 Å². The van der Waals surface area contributed by atoms with Gasteiger partial charge in [-0.15, -0.1) is 11.3 Å². The average molecular weight is 350 g/mol. The summed E-state index contributed by atoms with van der Waals surface area (Å²) in [7, 11) is 0. The molecule has 3 nitrogen and oxygen atoms in total. The molecule has 0 aliphatic carbocycles. The number of thiazole rings is 1. The molecule has 0 amide bonds. The van der Waals surface area contributed by atoms with E-state index in [2.05, 4.69) is 30.9 Å². The van der Waals surface area contributed by atoms with E-state index in [1.807, 2.05) is 35.7 Å². The fourth-order valence-corrected chi connectivity index (χ4v) is 2.86. The van der Waals surface area contributed by atoms with Gasteiger partial charge < -0.3 is 4.98 Å². The summed E-state index contributed by atoms with van der Waals surface area (Å²) in [6.07, 6.45) is 0. The highest BCUT2D eigenvalue weighted by Crippen LogP contribution is 2.28. The van der Waals surface area contributed by atoms with Crippen molar-refractivity contribution in [2.75, 3.05) is 0 Å². The lowest BCUT2D eigenvalue weighted by atomic mass is 10.1. The highest BCUT2D eigenvalue weighted by atomic mass is 79.9. The average Bonchev–Trinajstić information content (AvgIpc) is 2.97. The number of halogens is 1. The standard InChI is InChI=1S/C13H8BrN3S2/c14-10-11(8-4-2-1-3-5-8)16-12(17-13(10)18)9-6-19-7-15-9/h1-7H,(H,16,17,18). The molecule has 0 bridgehead atoms. The molecule has 2 aromatic heterocycles. The van der Waals surface area contributed by atoms with Crippen LogP contribution in [0.3, 0.4) is 0 Å². The lowest BCUT2D eigenvalue weighted by Gasteiger charge is -2.07. The van der Waals surface area contributed by atoms with Crippen LogP contribution in [-0.2, 0) is 0 Å². The highest BCUT2D eigenvalue weighted by molar-refractivity contribution is 9.10. The maximum atomic E-state index is 5.30. The third-order valence-corrected chi connectivity index (χ3v) is 4.52. The Hall–Kier alpha value is -1.37. The second-order valence-electron chi connectivity index (χ2n) is 3.82. The third-order valence-electron chi connectivity index (χ3n) is 2.60. The Labute approximate surface area is 127 Å². The van der Waals surface area contributed by atoms with Gasteiger partial charge in [0, 0.05) is 5.38 Å². The van der Waals surface area contributed by atoms with Gasteiger partial charge in [0.15, 0.2) is 5.82 Å². The Morgan fingerprint density at radius 3 is 2.68 bits per heavy atom. The van der Waals surface area contributed by atoms with Crippen LogP contribution in [0.4, 0.5) is 0 Å². The van der Waals surface area contributed by atoms with E-state index in [9.17, 15) is 0 Å². The van der Waals surface area contributed by atoms with Crippen molar-refractivity contribution in [1.29, 1.82) is 0 Å². The van der Waals surface area contributed by atoms with Gasteiger partial charge in [-0.25, -0.2) is 9.97 Å². The zero-order valence-electron chi connectivity index (χ0n) is 9.63. The lowest BCUT2D eigenvalue weighted by Crippen LogP contribution is -1.95. The van der Waals surface area contributed by atoms with Crippen molar-refractivity contribution in [3.05, 3.63) is 50.3 Å². The molecule has 19 heavy (non-hydrogen) atoms. The van der Waals surface area contributed by atoms with Gasteiger partial charge in [0.2, 0.25) is 0 Å². The number of rotatable bonds is 2. The molecule has 0 radical (unpaired) electrons. The van der Waals surface area contributed by atoms with Crippen LogP contribution in [0.15, 0.2) is 45.7 Å². The van der Waals surface area contributed by atoms with Crippen LogP contribution in [0.5, 0.6) is 0 Å². The van der Waals surface area contributed by atoms with Crippen molar-refractivity contribution in [2.24, 2.45) is 0 Å². The van der Waals surface area contributed by atoms with Crippen LogP contribution in [0, 0.1) is 4.64 Å². The summed E-state index contributed by atoms with van der Waals surface area (Å²) in [5.74, 6) is 0.688. The first-order chi connectivity index (χ1) is 9.25. The molecule has 0 aliphatic rings. The summed E-state index contributed by atoms with van der Waals surface area (Å²) in [6.45, 7) is 0. The molecular weight excluding hydrogens is 342 g/mol. The first-order valence-electron chi connectivity index (χ1n) is 5.49. The van der Waals surface area contributed by atoms with Gasteiger partial charge in [-0.2, -0.15) is 0 Å². The minimum atomic E-state index is 0.528. The Morgan fingerprint density at radius 1 is 1.21 bits per heavy atom. The number of aromatic nitrogens is 3.